The molecule has 242 valence electrons. The van der Waals surface area contributed by atoms with Crippen LogP contribution in [0.2, 0.25) is 0 Å². The molecule has 0 saturated heterocycles. The normalized spacial score (nSPS) is 17.6. The van der Waals surface area contributed by atoms with E-state index in [9.17, 15) is 14.4 Å². The van der Waals surface area contributed by atoms with E-state index in [0.717, 1.165) is 41.5 Å². The number of rotatable bonds is 9. The van der Waals surface area contributed by atoms with Crippen LogP contribution in [0, 0.1) is 0 Å². The zero-order valence-electron chi connectivity index (χ0n) is 26.9. The summed E-state index contributed by atoms with van der Waals surface area (Å²) < 4.78 is 10.7. The lowest BCUT2D eigenvalue weighted by molar-refractivity contribution is -0.148. The summed E-state index contributed by atoms with van der Waals surface area (Å²) in [6.07, 6.45) is 3.73. The number of hydrogen-bond acceptors (Lipinski definition) is 6. The van der Waals surface area contributed by atoms with Crippen molar-refractivity contribution >= 4 is 17.8 Å². The Morgan fingerprint density at radius 3 is 2.26 bits per heavy atom. The average molecular weight is 632 g/mol. The van der Waals surface area contributed by atoms with Gasteiger partial charge in [0.25, 0.3) is 0 Å². The SMILES string of the molecule is COC(=O)c1ccc(COc2ccc(CC(N)C(=O)N3Cc4ccccc4CC3C(=O)N(C)C3CCCc4ccccc43)cc2)cc1. The number of ether oxygens (including phenoxy) is 2. The second-order valence-electron chi connectivity index (χ2n) is 12.4. The number of hydrogen-bond donors (Lipinski definition) is 1. The number of nitrogens with zero attached hydrogens (tertiary/aromatic N) is 2. The van der Waals surface area contributed by atoms with E-state index in [2.05, 4.69) is 18.2 Å². The van der Waals surface area contributed by atoms with Crippen LogP contribution >= 0.6 is 0 Å². The third-order valence-electron chi connectivity index (χ3n) is 9.45. The van der Waals surface area contributed by atoms with Gasteiger partial charge in [-0.15, -0.1) is 0 Å². The standard InChI is InChI=1S/C39H41N3O5/c1-41(35-13-7-11-28-8-5-6-12-33(28)35)38(44)36-23-30-9-3-4-10-31(30)24-42(36)37(43)34(40)22-26-16-20-32(21-17-26)47-25-27-14-18-29(19-15-27)39(45)46-2/h3-6,8-10,12,14-21,34-36H,7,11,13,22-25,40H2,1-2H3. The van der Waals surface area contributed by atoms with Gasteiger partial charge < -0.3 is 25.0 Å². The van der Waals surface area contributed by atoms with Gasteiger partial charge in [0, 0.05) is 20.0 Å². The molecule has 1 heterocycles. The number of likely N-dealkylation sites (N-methyl/N-ethyl adjacent to an activating group) is 1. The van der Waals surface area contributed by atoms with Crippen molar-refractivity contribution in [2.45, 2.75) is 63.4 Å². The fourth-order valence-corrected chi connectivity index (χ4v) is 6.79. The maximum absolute atomic E-state index is 14.2. The Morgan fingerprint density at radius 2 is 1.53 bits per heavy atom. The van der Waals surface area contributed by atoms with Crippen molar-refractivity contribution in [3.05, 3.63) is 136 Å². The highest BCUT2D eigenvalue weighted by atomic mass is 16.5. The number of carbonyl (C=O) groups excluding carboxylic acids is 3. The number of methoxy groups -OCH3 is 1. The van der Waals surface area contributed by atoms with Gasteiger partial charge in [0.05, 0.1) is 24.8 Å². The molecular formula is C39H41N3O5. The third-order valence-corrected chi connectivity index (χ3v) is 9.45. The Morgan fingerprint density at radius 1 is 0.872 bits per heavy atom. The van der Waals surface area contributed by atoms with Gasteiger partial charge in [-0.3, -0.25) is 9.59 Å². The van der Waals surface area contributed by atoms with Crippen LogP contribution in [0.5, 0.6) is 5.75 Å². The lowest BCUT2D eigenvalue weighted by atomic mass is 9.86. The molecule has 2 aliphatic rings. The summed E-state index contributed by atoms with van der Waals surface area (Å²) in [5.41, 5.74) is 13.5. The maximum atomic E-state index is 14.2. The Hall–Kier alpha value is -4.95. The molecule has 3 unspecified atom stereocenters. The summed E-state index contributed by atoms with van der Waals surface area (Å²) in [7, 11) is 3.23. The highest BCUT2D eigenvalue weighted by Crippen LogP contribution is 2.35. The Labute approximate surface area is 276 Å². The van der Waals surface area contributed by atoms with Crippen LogP contribution in [0.4, 0.5) is 0 Å². The molecule has 4 aromatic carbocycles. The van der Waals surface area contributed by atoms with E-state index in [-0.39, 0.29) is 23.8 Å². The van der Waals surface area contributed by atoms with E-state index < -0.39 is 12.1 Å². The first-order chi connectivity index (χ1) is 22.8. The number of aryl methyl sites for hydroxylation is 1. The van der Waals surface area contributed by atoms with Gasteiger partial charge in [-0.1, -0.05) is 72.8 Å². The zero-order chi connectivity index (χ0) is 32.9. The van der Waals surface area contributed by atoms with Crippen molar-refractivity contribution in [3.8, 4) is 5.75 Å². The van der Waals surface area contributed by atoms with E-state index in [1.54, 1.807) is 17.0 Å². The van der Waals surface area contributed by atoms with Gasteiger partial charge in [-0.2, -0.15) is 0 Å². The monoisotopic (exact) mass is 631 g/mol. The molecule has 8 heteroatoms. The molecule has 2 N–H and O–H groups in total. The molecule has 0 radical (unpaired) electrons. The van der Waals surface area contributed by atoms with Crippen LogP contribution in [0.25, 0.3) is 0 Å². The molecule has 47 heavy (non-hydrogen) atoms. The number of carbonyl (C=O) groups is 3. The molecular weight excluding hydrogens is 590 g/mol. The zero-order valence-corrected chi connectivity index (χ0v) is 26.9. The quantitative estimate of drug-likeness (QED) is 0.248. The van der Waals surface area contributed by atoms with Crippen LogP contribution in [-0.2, 0) is 46.7 Å². The summed E-state index contributed by atoms with van der Waals surface area (Å²) in [5, 5.41) is 0. The second-order valence-corrected chi connectivity index (χ2v) is 12.4. The van der Waals surface area contributed by atoms with Crippen LogP contribution in [0.1, 0.15) is 62.6 Å². The van der Waals surface area contributed by atoms with E-state index in [0.29, 0.717) is 37.3 Å². The molecule has 2 amide bonds. The first-order valence-corrected chi connectivity index (χ1v) is 16.2. The number of fused-ring (bicyclic) bond motifs is 2. The summed E-state index contributed by atoms with van der Waals surface area (Å²) in [4.78, 5) is 43.5. The van der Waals surface area contributed by atoms with Crippen molar-refractivity contribution in [1.82, 2.24) is 9.80 Å². The molecule has 6 rings (SSSR count). The predicted molar refractivity (Wildman–Crippen MR) is 180 cm³/mol. The van der Waals surface area contributed by atoms with Crippen molar-refractivity contribution in [1.29, 1.82) is 0 Å². The van der Waals surface area contributed by atoms with Gasteiger partial charge in [-0.25, -0.2) is 4.79 Å². The molecule has 1 aliphatic carbocycles. The molecule has 8 nitrogen and oxygen atoms in total. The van der Waals surface area contributed by atoms with E-state index in [4.69, 9.17) is 15.2 Å². The minimum absolute atomic E-state index is 0.0183. The van der Waals surface area contributed by atoms with Crippen LogP contribution in [0.15, 0.2) is 97.1 Å². The van der Waals surface area contributed by atoms with Crippen molar-refractivity contribution in [3.63, 3.8) is 0 Å². The number of esters is 1. The van der Waals surface area contributed by atoms with Crippen molar-refractivity contribution in [2.24, 2.45) is 5.73 Å². The molecule has 0 spiro atoms. The van der Waals surface area contributed by atoms with Gasteiger partial charge >= 0.3 is 5.97 Å². The van der Waals surface area contributed by atoms with Gasteiger partial charge in [0.1, 0.15) is 18.4 Å². The molecule has 0 bridgehead atoms. The van der Waals surface area contributed by atoms with Crippen LogP contribution in [-0.4, -0.2) is 53.8 Å². The minimum atomic E-state index is -0.809. The Balaban J connectivity index is 1.12. The second kappa shape index (κ2) is 14.2. The number of amides is 2. The molecule has 0 aromatic heterocycles. The fourth-order valence-electron chi connectivity index (χ4n) is 6.79. The van der Waals surface area contributed by atoms with E-state index in [1.807, 2.05) is 78.7 Å². The lowest BCUT2D eigenvalue weighted by Crippen LogP contribution is -2.57. The molecule has 4 aromatic rings. The van der Waals surface area contributed by atoms with Gasteiger partial charge in [0.15, 0.2) is 0 Å². The van der Waals surface area contributed by atoms with Crippen molar-refractivity contribution in [2.75, 3.05) is 14.2 Å². The predicted octanol–water partition coefficient (Wildman–Crippen LogP) is 5.41. The fraction of sp³-hybridized carbons (Fsp3) is 0.308. The minimum Gasteiger partial charge on any atom is -0.489 e. The highest BCUT2D eigenvalue weighted by Gasteiger charge is 2.39. The van der Waals surface area contributed by atoms with Crippen molar-refractivity contribution < 1.29 is 23.9 Å². The third kappa shape index (κ3) is 7.08. The molecule has 1 aliphatic heterocycles. The molecule has 0 saturated carbocycles. The largest absolute Gasteiger partial charge is 0.489 e. The number of benzene rings is 4. The maximum Gasteiger partial charge on any atom is 0.337 e. The Kier molecular flexibility index (Phi) is 9.68. The molecule has 3 atom stereocenters. The van der Waals surface area contributed by atoms with Gasteiger partial charge in [-0.05, 0) is 83.3 Å². The summed E-state index contributed by atoms with van der Waals surface area (Å²) in [6, 6.07) is 29.5. The number of nitrogens with two attached hydrogens (primary N) is 1. The molecule has 0 fully saturated rings. The first kappa shape index (κ1) is 32.0. The lowest BCUT2D eigenvalue weighted by Gasteiger charge is -2.41. The van der Waals surface area contributed by atoms with Crippen LogP contribution in [0.3, 0.4) is 0 Å². The topological polar surface area (TPSA) is 102 Å². The summed E-state index contributed by atoms with van der Waals surface area (Å²) >= 11 is 0. The smallest absolute Gasteiger partial charge is 0.337 e. The first-order valence-electron chi connectivity index (χ1n) is 16.2. The van der Waals surface area contributed by atoms with Crippen LogP contribution < -0.4 is 10.5 Å². The average Bonchev–Trinajstić information content (AvgIpc) is 3.12. The van der Waals surface area contributed by atoms with E-state index >= 15 is 0 Å². The summed E-state index contributed by atoms with van der Waals surface area (Å²) in [6.45, 7) is 0.688. The Bertz CT molecular complexity index is 1740. The summed E-state index contributed by atoms with van der Waals surface area (Å²) in [5.74, 6) is 0.0143. The van der Waals surface area contributed by atoms with Gasteiger partial charge in [0.2, 0.25) is 11.8 Å². The highest BCUT2D eigenvalue weighted by molar-refractivity contribution is 5.91. The van der Waals surface area contributed by atoms with E-state index in [1.165, 1.54) is 18.2 Å².